The van der Waals surface area contributed by atoms with Crippen LogP contribution in [0.3, 0.4) is 0 Å². The van der Waals surface area contributed by atoms with Gasteiger partial charge in [-0.05, 0) is 38.6 Å². The summed E-state index contributed by atoms with van der Waals surface area (Å²) in [4.78, 5) is 29.7. The van der Waals surface area contributed by atoms with Crippen LogP contribution in [0.25, 0.3) is 0 Å². The molecule has 0 bridgehead atoms. The summed E-state index contributed by atoms with van der Waals surface area (Å²) < 4.78 is 0. The topological polar surface area (TPSA) is 64.1 Å². The highest BCUT2D eigenvalue weighted by Gasteiger charge is 2.22. The molecule has 6 heteroatoms. The number of amides is 1. The molecule has 1 heterocycles. The molecular formula is C18H27N3O3. The van der Waals surface area contributed by atoms with Crippen molar-refractivity contribution in [3.8, 4) is 0 Å². The second-order valence-electron chi connectivity index (χ2n) is 6.70. The van der Waals surface area contributed by atoms with Gasteiger partial charge in [-0.1, -0.05) is 12.1 Å². The molecule has 0 spiro atoms. The summed E-state index contributed by atoms with van der Waals surface area (Å²) in [5, 5.41) is 9.02. The van der Waals surface area contributed by atoms with E-state index >= 15 is 0 Å². The summed E-state index contributed by atoms with van der Waals surface area (Å²) in [6.07, 6.45) is 0. The van der Waals surface area contributed by atoms with Crippen molar-refractivity contribution in [3.63, 3.8) is 0 Å². The van der Waals surface area contributed by atoms with Gasteiger partial charge >= 0.3 is 5.97 Å². The minimum absolute atomic E-state index is 0.158. The van der Waals surface area contributed by atoms with Gasteiger partial charge in [0.05, 0.1) is 0 Å². The van der Waals surface area contributed by atoms with Gasteiger partial charge in [0.2, 0.25) is 0 Å². The van der Waals surface area contributed by atoms with Crippen molar-refractivity contribution >= 4 is 11.9 Å². The van der Waals surface area contributed by atoms with Crippen molar-refractivity contribution in [1.29, 1.82) is 0 Å². The fourth-order valence-corrected chi connectivity index (χ4v) is 2.87. The van der Waals surface area contributed by atoms with Crippen LogP contribution < -0.4 is 0 Å². The lowest BCUT2D eigenvalue weighted by Crippen LogP contribution is -2.44. The van der Waals surface area contributed by atoms with Gasteiger partial charge in [0, 0.05) is 44.3 Å². The number of hydrogen-bond acceptors (Lipinski definition) is 4. The largest absolute Gasteiger partial charge is 0.480 e. The van der Waals surface area contributed by atoms with Gasteiger partial charge < -0.3 is 14.9 Å². The van der Waals surface area contributed by atoms with Gasteiger partial charge in [-0.3, -0.25) is 14.5 Å². The maximum atomic E-state index is 12.7. The maximum absolute atomic E-state index is 12.7. The third-order valence-corrected chi connectivity index (χ3v) is 4.37. The Kier molecular flexibility index (Phi) is 6.34. The number of carbonyl (C=O) groups excluding carboxylic acids is 1. The molecule has 0 saturated carbocycles. The highest BCUT2D eigenvalue weighted by Crippen LogP contribution is 2.13. The molecule has 0 aromatic heterocycles. The van der Waals surface area contributed by atoms with Crippen LogP contribution in [-0.4, -0.2) is 77.5 Å². The van der Waals surface area contributed by atoms with E-state index in [0.717, 1.165) is 38.3 Å². The van der Waals surface area contributed by atoms with Gasteiger partial charge in [-0.15, -0.1) is 0 Å². The number of hydrogen-bond donors (Lipinski definition) is 1. The number of carbonyl (C=O) groups is 2. The van der Waals surface area contributed by atoms with E-state index < -0.39 is 5.97 Å². The Balaban J connectivity index is 2.08. The number of rotatable bonds is 6. The van der Waals surface area contributed by atoms with E-state index in [1.165, 1.54) is 4.90 Å². The van der Waals surface area contributed by atoms with E-state index in [1.807, 2.05) is 32.0 Å². The molecule has 0 aliphatic carbocycles. The summed E-state index contributed by atoms with van der Waals surface area (Å²) in [5.74, 6) is -1.22. The van der Waals surface area contributed by atoms with Crippen LogP contribution in [-0.2, 0) is 11.3 Å². The molecule has 1 aromatic carbocycles. The normalized spacial score (nSPS) is 16.3. The molecule has 1 N–H and O–H groups in total. The molecule has 1 fully saturated rings. The molecule has 1 aromatic rings. The number of aliphatic carboxylic acids is 1. The molecule has 24 heavy (non-hydrogen) atoms. The second-order valence-corrected chi connectivity index (χ2v) is 6.70. The quantitative estimate of drug-likeness (QED) is 0.852. The molecule has 1 aliphatic heterocycles. The standard InChI is InChI=1S/C18H27N3O3/c1-14(2)21(13-17(22)23)18(24)16-6-4-5-15(11-16)12-20-9-7-19(3)8-10-20/h4-6,11,14H,7-10,12-13H2,1-3H3,(H,22,23). The van der Waals surface area contributed by atoms with Crippen LogP contribution in [0, 0.1) is 0 Å². The van der Waals surface area contributed by atoms with Crippen LogP contribution >= 0.6 is 0 Å². The summed E-state index contributed by atoms with van der Waals surface area (Å²) >= 11 is 0. The zero-order valence-electron chi connectivity index (χ0n) is 14.7. The zero-order chi connectivity index (χ0) is 17.7. The first kappa shape index (κ1) is 18.4. The highest BCUT2D eigenvalue weighted by atomic mass is 16.4. The number of nitrogens with zero attached hydrogens (tertiary/aromatic N) is 3. The molecule has 1 aliphatic rings. The Morgan fingerprint density at radius 2 is 1.88 bits per heavy atom. The summed E-state index contributed by atoms with van der Waals surface area (Å²) in [7, 11) is 2.12. The van der Waals surface area contributed by atoms with Crippen molar-refractivity contribution in [2.75, 3.05) is 39.8 Å². The molecule has 2 rings (SSSR count). The van der Waals surface area contributed by atoms with E-state index in [-0.39, 0.29) is 18.5 Å². The Bertz CT molecular complexity index is 581. The molecule has 132 valence electrons. The van der Waals surface area contributed by atoms with Crippen molar-refractivity contribution in [2.24, 2.45) is 0 Å². The Morgan fingerprint density at radius 1 is 1.21 bits per heavy atom. The smallest absolute Gasteiger partial charge is 0.323 e. The molecule has 0 unspecified atom stereocenters. The molecule has 0 radical (unpaired) electrons. The van der Waals surface area contributed by atoms with Crippen molar-refractivity contribution in [1.82, 2.24) is 14.7 Å². The van der Waals surface area contributed by atoms with Crippen molar-refractivity contribution < 1.29 is 14.7 Å². The molecular weight excluding hydrogens is 306 g/mol. The molecule has 0 atom stereocenters. The lowest BCUT2D eigenvalue weighted by atomic mass is 10.1. The number of benzene rings is 1. The fraction of sp³-hybridized carbons (Fsp3) is 0.556. The Labute approximate surface area is 143 Å². The highest BCUT2D eigenvalue weighted by molar-refractivity contribution is 5.96. The van der Waals surface area contributed by atoms with Crippen LogP contribution in [0.4, 0.5) is 0 Å². The van der Waals surface area contributed by atoms with E-state index in [4.69, 9.17) is 5.11 Å². The van der Waals surface area contributed by atoms with Crippen LogP contribution in [0.2, 0.25) is 0 Å². The van der Waals surface area contributed by atoms with Crippen molar-refractivity contribution in [2.45, 2.75) is 26.4 Å². The molecule has 1 saturated heterocycles. The average molecular weight is 333 g/mol. The van der Waals surface area contributed by atoms with Crippen LogP contribution in [0.5, 0.6) is 0 Å². The fourth-order valence-electron chi connectivity index (χ4n) is 2.87. The van der Waals surface area contributed by atoms with Gasteiger partial charge in [-0.25, -0.2) is 0 Å². The zero-order valence-corrected chi connectivity index (χ0v) is 14.7. The second kappa shape index (κ2) is 8.26. The first-order chi connectivity index (χ1) is 11.4. The number of carboxylic acid groups (broad SMARTS) is 1. The van der Waals surface area contributed by atoms with Crippen LogP contribution in [0.15, 0.2) is 24.3 Å². The summed E-state index contributed by atoms with van der Waals surface area (Å²) in [6.45, 7) is 8.34. The van der Waals surface area contributed by atoms with E-state index in [2.05, 4.69) is 16.8 Å². The monoisotopic (exact) mass is 333 g/mol. The van der Waals surface area contributed by atoms with E-state index in [9.17, 15) is 9.59 Å². The Morgan fingerprint density at radius 3 is 2.46 bits per heavy atom. The van der Waals surface area contributed by atoms with Gasteiger partial charge in [0.1, 0.15) is 6.54 Å². The lowest BCUT2D eigenvalue weighted by molar-refractivity contribution is -0.138. The van der Waals surface area contributed by atoms with Gasteiger partial charge in [0.15, 0.2) is 0 Å². The Hall–Kier alpha value is -1.92. The van der Waals surface area contributed by atoms with E-state index in [1.54, 1.807) is 6.07 Å². The van der Waals surface area contributed by atoms with Crippen molar-refractivity contribution in [3.05, 3.63) is 35.4 Å². The molecule has 6 nitrogen and oxygen atoms in total. The minimum Gasteiger partial charge on any atom is -0.480 e. The average Bonchev–Trinajstić information content (AvgIpc) is 2.54. The van der Waals surface area contributed by atoms with Gasteiger partial charge in [0.25, 0.3) is 5.91 Å². The lowest BCUT2D eigenvalue weighted by Gasteiger charge is -2.32. The van der Waals surface area contributed by atoms with Gasteiger partial charge in [-0.2, -0.15) is 0 Å². The maximum Gasteiger partial charge on any atom is 0.323 e. The summed E-state index contributed by atoms with van der Waals surface area (Å²) in [6, 6.07) is 7.38. The first-order valence-corrected chi connectivity index (χ1v) is 8.39. The molecule has 1 amide bonds. The number of carboxylic acids is 1. The third-order valence-electron chi connectivity index (χ3n) is 4.37. The minimum atomic E-state index is -0.995. The third kappa shape index (κ3) is 5.04. The SMILES string of the molecule is CC(C)N(CC(=O)O)C(=O)c1cccc(CN2CCN(C)CC2)c1. The number of piperazine rings is 1. The number of likely N-dealkylation sites (N-methyl/N-ethyl adjacent to an activating group) is 1. The summed E-state index contributed by atoms with van der Waals surface area (Å²) in [5.41, 5.74) is 1.64. The predicted molar refractivity (Wildman–Crippen MR) is 93.0 cm³/mol. The predicted octanol–water partition coefficient (Wildman–Crippen LogP) is 1.37. The van der Waals surface area contributed by atoms with E-state index in [0.29, 0.717) is 5.56 Å². The first-order valence-electron chi connectivity index (χ1n) is 8.39. The van der Waals surface area contributed by atoms with Crippen LogP contribution in [0.1, 0.15) is 29.8 Å².